The smallest absolute Gasteiger partial charge is 0.326 e. The highest BCUT2D eigenvalue weighted by molar-refractivity contribution is 5.77. The van der Waals surface area contributed by atoms with E-state index in [2.05, 4.69) is 4.98 Å². The molecule has 1 N–H and O–H groups in total. The third kappa shape index (κ3) is 2.23. The molecule has 2 rings (SSSR count). The number of carboxylic acids is 1. The highest BCUT2D eigenvalue weighted by Gasteiger charge is 2.33. The molecule has 2 heterocycles. The Hall–Kier alpha value is -1.85. The summed E-state index contributed by atoms with van der Waals surface area (Å²) in [4.78, 5) is 29.0. The molecule has 98 valence electrons. The van der Waals surface area contributed by atoms with Crippen molar-refractivity contribution >= 4 is 11.8 Å². The summed E-state index contributed by atoms with van der Waals surface area (Å²) < 4.78 is 1.42. The monoisotopic (exact) mass is 251 g/mol. The molecule has 0 radical (unpaired) electrons. The average molecular weight is 251 g/mol. The van der Waals surface area contributed by atoms with Crippen molar-refractivity contribution in [1.29, 1.82) is 0 Å². The van der Waals surface area contributed by atoms with Crippen molar-refractivity contribution in [1.82, 2.24) is 9.55 Å². The zero-order valence-corrected chi connectivity index (χ0v) is 10.5. The third-order valence-corrected chi connectivity index (χ3v) is 3.42. The summed E-state index contributed by atoms with van der Waals surface area (Å²) in [6, 6.07) is -0.656. The van der Waals surface area contributed by atoms with Crippen LogP contribution in [0.15, 0.2) is 17.2 Å². The standard InChI is InChI=1S/C12H17N3O3/c1-8-3-5-15(9(7-8)12(17)18)10-11(16)14(2)6-4-13-10/h4,6,8-9H,3,5,7H2,1-2H3,(H,17,18). The lowest BCUT2D eigenvalue weighted by Crippen LogP contribution is -2.49. The summed E-state index contributed by atoms with van der Waals surface area (Å²) in [5.41, 5.74) is -0.252. The highest BCUT2D eigenvalue weighted by atomic mass is 16.4. The topological polar surface area (TPSA) is 75.4 Å². The van der Waals surface area contributed by atoms with E-state index < -0.39 is 12.0 Å². The van der Waals surface area contributed by atoms with Gasteiger partial charge in [-0.25, -0.2) is 9.78 Å². The van der Waals surface area contributed by atoms with Crippen LogP contribution in [0.1, 0.15) is 19.8 Å². The van der Waals surface area contributed by atoms with Crippen LogP contribution < -0.4 is 10.5 Å². The molecular weight excluding hydrogens is 234 g/mol. The number of hydrogen-bond acceptors (Lipinski definition) is 4. The maximum absolute atomic E-state index is 12.0. The van der Waals surface area contributed by atoms with Gasteiger partial charge in [0.05, 0.1) is 0 Å². The molecule has 1 aromatic rings. The maximum atomic E-state index is 12.0. The quantitative estimate of drug-likeness (QED) is 0.827. The van der Waals surface area contributed by atoms with Gasteiger partial charge in [0.2, 0.25) is 0 Å². The number of piperidine rings is 1. The molecule has 0 amide bonds. The zero-order valence-electron chi connectivity index (χ0n) is 10.5. The molecule has 6 heteroatoms. The van der Waals surface area contributed by atoms with Crippen molar-refractivity contribution in [3.8, 4) is 0 Å². The van der Waals surface area contributed by atoms with Gasteiger partial charge in [-0.1, -0.05) is 6.92 Å². The molecule has 1 fully saturated rings. The molecule has 1 aromatic heterocycles. The fraction of sp³-hybridized carbons (Fsp3) is 0.583. The molecule has 18 heavy (non-hydrogen) atoms. The van der Waals surface area contributed by atoms with E-state index in [1.165, 1.54) is 10.8 Å². The van der Waals surface area contributed by atoms with Crippen LogP contribution in [0.3, 0.4) is 0 Å². The van der Waals surface area contributed by atoms with E-state index in [4.69, 9.17) is 0 Å². The second kappa shape index (κ2) is 4.80. The number of carbonyl (C=O) groups is 1. The Bertz CT molecular complexity index is 512. The summed E-state index contributed by atoms with van der Waals surface area (Å²) >= 11 is 0. The molecule has 0 aromatic carbocycles. The van der Waals surface area contributed by atoms with E-state index in [1.807, 2.05) is 6.92 Å². The molecule has 0 aliphatic carbocycles. The van der Waals surface area contributed by atoms with Crippen LogP contribution in [0, 0.1) is 5.92 Å². The summed E-state index contributed by atoms with van der Waals surface area (Å²) in [6.45, 7) is 2.59. The number of aliphatic carboxylic acids is 1. The Labute approximate surface area is 105 Å². The van der Waals surface area contributed by atoms with Gasteiger partial charge in [-0.05, 0) is 18.8 Å². The Morgan fingerprint density at radius 3 is 2.94 bits per heavy atom. The van der Waals surface area contributed by atoms with E-state index in [1.54, 1.807) is 18.1 Å². The summed E-state index contributed by atoms with van der Waals surface area (Å²) in [7, 11) is 1.63. The van der Waals surface area contributed by atoms with Crippen molar-refractivity contribution < 1.29 is 9.90 Å². The van der Waals surface area contributed by atoms with Crippen LogP contribution in [0.4, 0.5) is 5.82 Å². The van der Waals surface area contributed by atoms with Crippen molar-refractivity contribution in [2.45, 2.75) is 25.8 Å². The number of carboxylic acid groups (broad SMARTS) is 1. The first-order chi connectivity index (χ1) is 8.50. The van der Waals surface area contributed by atoms with Gasteiger partial charge in [-0.3, -0.25) is 4.79 Å². The number of aromatic nitrogens is 2. The molecule has 1 aliphatic heterocycles. The Morgan fingerprint density at radius 1 is 1.56 bits per heavy atom. The molecule has 1 aliphatic rings. The maximum Gasteiger partial charge on any atom is 0.326 e. The van der Waals surface area contributed by atoms with Crippen molar-refractivity contribution in [3.63, 3.8) is 0 Å². The number of aryl methyl sites for hydroxylation is 1. The molecule has 6 nitrogen and oxygen atoms in total. The van der Waals surface area contributed by atoms with Gasteiger partial charge in [-0.15, -0.1) is 0 Å². The van der Waals surface area contributed by atoms with E-state index in [9.17, 15) is 14.7 Å². The van der Waals surface area contributed by atoms with E-state index in [0.717, 1.165) is 6.42 Å². The van der Waals surface area contributed by atoms with Gasteiger partial charge in [0.25, 0.3) is 5.56 Å². The number of anilines is 1. The minimum absolute atomic E-state index is 0.235. The van der Waals surface area contributed by atoms with Crippen LogP contribution in [-0.2, 0) is 11.8 Å². The largest absolute Gasteiger partial charge is 0.480 e. The molecular formula is C12H17N3O3. The van der Waals surface area contributed by atoms with Crippen molar-refractivity contribution in [3.05, 3.63) is 22.7 Å². The lowest BCUT2D eigenvalue weighted by atomic mass is 9.92. The fourth-order valence-corrected chi connectivity index (χ4v) is 2.31. The van der Waals surface area contributed by atoms with Crippen LogP contribution in [0.5, 0.6) is 0 Å². The van der Waals surface area contributed by atoms with Crippen molar-refractivity contribution in [2.24, 2.45) is 13.0 Å². The van der Waals surface area contributed by atoms with E-state index in [-0.39, 0.29) is 11.4 Å². The molecule has 0 saturated carbocycles. The Balaban J connectivity index is 2.39. The van der Waals surface area contributed by atoms with Gasteiger partial charge in [0.1, 0.15) is 6.04 Å². The first kappa shape index (κ1) is 12.6. The molecule has 1 saturated heterocycles. The van der Waals surface area contributed by atoms with Crippen molar-refractivity contribution in [2.75, 3.05) is 11.4 Å². The fourth-order valence-electron chi connectivity index (χ4n) is 2.31. The predicted molar refractivity (Wildman–Crippen MR) is 66.6 cm³/mol. The van der Waals surface area contributed by atoms with Gasteiger partial charge >= 0.3 is 5.97 Å². The van der Waals surface area contributed by atoms with Gasteiger partial charge in [0, 0.05) is 26.0 Å². The second-order valence-corrected chi connectivity index (χ2v) is 4.84. The molecule has 0 spiro atoms. The minimum atomic E-state index is -0.894. The first-order valence-electron chi connectivity index (χ1n) is 6.01. The second-order valence-electron chi connectivity index (χ2n) is 4.84. The predicted octanol–water partition coefficient (Wildman–Crippen LogP) is 0.470. The molecule has 2 atom stereocenters. The van der Waals surface area contributed by atoms with E-state index >= 15 is 0 Å². The summed E-state index contributed by atoms with van der Waals surface area (Å²) in [6.07, 6.45) is 4.51. The normalized spacial score (nSPS) is 24.0. The van der Waals surface area contributed by atoms with Crippen LogP contribution >= 0.6 is 0 Å². The minimum Gasteiger partial charge on any atom is -0.480 e. The summed E-state index contributed by atoms with van der Waals surface area (Å²) in [5, 5.41) is 9.27. The van der Waals surface area contributed by atoms with Gasteiger partial charge in [0.15, 0.2) is 5.82 Å². The highest BCUT2D eigenvalue weighted by Crippen LogP contribution is 2.25. The van der Waals surface area contributed by atoms with Gasteiger partial charge in [-0.2, -0.15) is 0 Å². The Kier molecular flexibility index (Phi) is 3.36. The van der Waals surface area contributed by atoms with Crippen LogP contribution in [0.25, 0.3) is 0 Å². The first-order valence-corrected chi connectivity index (χ1v) is 6.01. The third-order valence-electron chi connectivity index (χ3n) is 3.42. The zero-order chi connectivity index (χ0) is 13.3. The molecule has 2 unspecified atom stereocenters. The van der Waals surface area contributed by atoms with Crippen LogP contribution in [-0.4, -0.2) is 33.2 Å². The number of rotatable bonds is 2. The Morgan fingerprint density at radius 2 is 2.28 bits per heavy atom. The SMILES string of the molecule is CC1CCN(c2nccn(C)c2=O)C(C(=O)O)C1. The number of nitrogens with zero attached hydrogens (tertiary/aromatic N) is 3. The average Bonchev–Trinajstić information content (AvgIpc) is 2.33. The van der Waals surface area contributed by atoms with Gasteiger partial charge < -0.3 is 14.6 Å². The summed E-state index contributed by atoms with van der Waals surface area (Å²) in [5.74, 6) is -0.302. The lowest BCUT2D eigenvalue weighted by molar-refractivity contribution is -0.139. The van der Waals surface area contributed by atoms with Crippen LogP contribution in [0.2, 0.25) is 0 Å². The lowest BCUT2D eigenvalue weighted by Gasteiger charge is -2.36. The molecule has 0 bridgehead atoms. The number of hydrogen-bond donors (Lipinski definition) is 1. The van der Waals surface area contributed by atoms with E-state index in [0.29, 0.717) is 18.9 Å².